The number of aromatic nitrogens is 2. The molecular formula is C21H29N3O. The zero-order chi connectivity index (χ0) is 17.6. The van der Waals surface area contributed by atoms with E-state index in [0.717, 1.165) is 45.3 Å². The Morgan fingerprint density at radius 2 is 1.92 bits per heavy atom. The normalized spacial score (nSPS) is 15.5. The predicted octanol–water partition coefficient (Wildman–Crippen LogP) is 3.82. The molecule has 1 fully saturated rings. The van der Waals surface area contributed by atoms with Crippen molar-refractivity contribution in [2.24, 2.45) is 5.92 Å². The molecule has 0 aliphatic carbocycles. The Balaban J connectivity index is 1.60. The molecule has 1 aliphatic rings. The van der Waals surface area contributed by atoms with E-state index in [-0.39, 0.29) is 0 Å². The fraction of sp³-hybridized carbons (Fsp3) is 0.524. The van der Waals surface area contributed by atoms with E-state index in [1.807, 2.05) is 11.1 Å². The second kappa shape index (κ2) is 8.32. The van der Waals surface area contributed by atoms with Gasteiger partial charge in [0.25, 0.3) is 0 Å². The maximum Gasteiger partial charge on any atom is 0.222 e. The first-order valence-electron chi connectivity index (χ1n) is 9.50. The number of aryl methyl sites for hydroxylation is 1. The zero-order valence-electron chi connectivity index (χ0n) is 15.4. The number of amides is 1. The van der Waals surface area contributed by atoms with Gasteiger partial charge in [0.15, 0.2) is 0 Å². The second-order valence-electron chi connectivity index (χ2n) is 7.17. The summed E-state index contributed by atoms with van der Waals surface area (Å²) in [5, 5.41) is 0. The molecule has 0 N–H and O–H groups in total. The highest BCUT2D eigenvalue weighted by Gasteiger charge is 2.23. The average Bonchev–Trinajstić information content (AvgIpc) is 2.97. The van der Waals surface area contributed by atoms with Crippen LogP contribution in [0.25, 0.3) is 0 Å². The van der Waals surface area contributed by atoms with Gasteiger partial charge < -0.3 is 9.47 Å². The first kappa shape index (κ1) is 17.7. The van der Waals surface area contributed by atoms with Crippen molar-refractivity contribution < 1.29 is 4.79 Å². The third kappa shape index (κ3) is 4.50. The van der Waals surface area contributed by atoms with Gasteiger partial charge in [0, 0.05) is 44.4 Å². The van der Waals surface area contributed by atoms with E-state index in [1.165, 1.54) is 17.1 Å². The first-order valence-corrected chi connectivity index (χ1v) is 9.50. The minimum Gasteiger partial charge on any atom is -0.343 e. The van der Waals surface area contributed by atoms with Gasteiger partial charge in [-0.15, -0.1) is 0 Å². The van der Waals surface area contributed by atoms with Crippen LogP contribution in [0.2, 0.25) is 0 Å². The molecule has 0 unspecified atom stereocenters. The van der Waals surface area contributed by atoms with Gasteiger partial charge in [-0.1, -0.05) is 37.3 Å². The van der Waals surface area contributed by atoms with Crippen LogP contribution >= 0.6 is 0 Å². The number of imidazole rings is 1. The molecular weight excluding hydrogens is 310 g/mol. The van der Waals surface area contributed by atoms with E-state index in [2.05, 4.69) is 53.7 Å². The lowest BCUT2D eigenvalue weighted by atomic mass is 9.93. The van der Waals surface area contributed by atoms with Crippen LogP contribution in [0.1, 0.15) is 49.7 Å². The lowest BCUT2D eigenvalue weighted by Gasteiger charge is -2.32. The molecule has 0 saturated carbocycles. The number of hydrogen-bond acceptors (Lipinski definition) is 2. The summed E-state index contributed by atoms with van der Waals surface area (Å²) in [6.07, 6.45) is 6.80. The molecule has 2 aromatic rings. The number of carbonyl (C=O) groups is 1. The highest BCUT2D eigenvalue weighted by atomic mass is 16.2. The van der Waals surface area contributed by atoms with Crippen molar-refractivity contribution in [1.29, 1.82) is 0 Å². The van der Waals surface area contributed by atoms with Gasteiger partial charge in [0.05, 0.1) is 0 Å². The van der Waals surface area contributed by atoms with Crippen LogP contribution in [-0.2, 0) is 17.8 Å². The Morgan fingerprint density at radius 1 is 1.20 bits per heavy atom. The third-order valence-electron chi connectivity index (χ3n) is 5.22. The second-order valence-corrected chi connectivity index (χ2v) is 7.17. The van der Waals surface area contributed by atoms with Crippen LogP contribution in [0.3, 0.4) is 0 Å². The third-order valence-corrected chi connectivity index (χ3v) is 5.22. The minimum absolute atomic E-state index is 0.322. The van der Waals surface area contributed by atoms with E-state index >= 15 is 0 Å². The Labute approximate surface area is 150 Å². The van der Waals surface area contributed by atoms with Gasteiger partial charge in [-0.3, -0.25) is 4.79 Å². The number of rotatable bonds is 6. The summed E-state index contributed by atoms with van der Waals surface area (Å²) in [6, 6.07) is 10.6. The highest BCUT2D eigenvalue weighted by molar-refractivity contribution is 5.76. The molecule has 25 heavy (non-hydrogen) atoms. The lowest BCUT2D eigenvalue weighted by molar-refractivity contribution is -0.132. The molecule has 0 spiro atoms. The number of likely N-dealkylation sites (tertiary alicyclic amines) is 1. The Morgan fingerprint density at radius 3 is 2.60 bits per heavy atom. The van der Waals surface area contributed by atoms with Crippen molar-refractivity contribution in [2.45, 2.75) is 52.5 Å². The maximum absolute atomic E-state index is 12.0. The summed E-state index contributed by atoms with van der Waals surface area (Å²) < 4.78 is 2.34. The van der Waals surface area contributed by atoms with Gasteiger partial charge in [0.1, 0.15) is 5.82 Å². The number of piperidine rings is 1. The maximum atomic E-state index is 12.0. The zero-order valence-corrected chi connectivity index (χ0v) is 15.4. The molecule has 134 valence electrons. The summed E-state index contributed by atoms with van der Waals surface area (Å²) >= 11 is 0. The Bertz CT molecular complexity index is 684. The van der Waals surface area contributed by atoms with E-state index < -0.39 is 0 Å². The van der Waals surface area contributed by atoms with Gasteiger partial charge in [-0.25, -0.2) is 4.98 Å². The van der Waals surface area contributed by atoms with Gasteiger partial charge in [0.2, 0.25) is 5.91 Å². The van der Waals surface area contributed by atoms with Gasteiger partial charge >= 0.3 is 0 Å². The van der Waals surface area contributed by atoms with E-state index in [1.54, 1.807) is 0 Å². The van der Waals surface area contributed by atoms with E-state index in [4.69, 9.17) is 0 Å². The summed E-state index contributed by atoms with van der Waals surface area (Å²) in [7, 11) is 0. The molecule has 2 heterocycles. The molecule has 1 amide bonds. The summed E-state index contributed by atoms with van der Waals surface area (Å²) in [4.78, 5) is 18.7. The first-order chi connectivity index (χ1) is 12.2. The Hall–Kier alpha value is -2.10. The van der Waals surface area contributed by atoms with Crippen LogP contribution in [0.5, 0.6) is 0 Å². The van der Waals surface area contributed by atoms with Gasteiger partial charge in [-0.2, -0.15) is 0 Å². The molecule has 0 bridgehead atoms. The van der Waals surface area contributed by atoms with Crippen LogP contribution in [0.4, 0.5) is 0 Å². The highest BCUT2D eigenvalue weighted by Crippen LogP contribution is 2.23. The molecule has 3 rings (SSSR count). The topological polar surface area (TPSA) is 38.1 Å². The molecule has 4 nitrogen and oxygen atoms in total. The van der Waals surface area contributed by atoms with Crippen molar-refractivity contribution in [2.75, 3.05) is 13.1 Å². The average molecular weight is 339 g/mol. The minimum atomic E-state index is 0.322. The van der Waals surface area contributed by atoms with Crippen molar-refractivity contribution in [3.8, 4) is 0 Å². The fourth-order valence-corrected chi connectivity index (χ4v) is 3.67. The number of carbonyl (C=O) groups excluding carboxylic acids is 1. The fourth-order valence-electron chi connectivity index (χ4n) is 3.67. The van der Waals surface area contributed by atoms with Gasteiger partial charge in [-0.05, 0) is 37.7 Å². The van der Waals surface area contributed by atoms with Crippen molar-refractivity contribution in [3.63, 3.8) is 0 Å². The lowest BCUT2D eigenvalue weighted by Crippen LogP contribution is -2.38. The smallest absolute Gasteiger partial charge is 0.222 e. The van der Waals surface area contributed by atoms with Crippen molar-refractivity contribution in [3.05, 3.63) is 53.6 Å². The van der Waals surface area contributed by atoms with Crippen molar-refractivity contribution >= 4 is 5.91 Å². The summed E-state index contributed by atoms with van der Waals surface area (Å²) in [5.41, 5.74) is 2.53. The van der Waals surface area contributed by atoms with Crippen molar-refractivity contribution in [1.82, 2.24) is 14.5 Å². The molecule has 4 heteroatoms. The van der Waals surface area contributed by atoms with Crippen LogP contribution in [0, 0.1) is 12.8 Å². The summed E-state index contributed by atoms with van der Waals surface area (Å²) in [6.45, 7) is 6.89. The summed E-state index contributed by atoms with van der Waals surface area (Å²) in [5.74, 6) is 2.13. The molecule has 1 saturated heterocycles. The monoisotopic (exact) mass is 339 g/mol. The molecule has 1 aromatic heterocycles. The molecule has 0 radical (unpaired) electrons. The number of hydrogen-bond donors (Lipinski definition) is 0. The quantitative estimate of drug-likeness (QED) is 0.802. The number of nitrogens with zero attached hydrogens (tertiary/aromatic N) is 3. The van der Waals surface area contributed by atoms with Crippen LogP contribution < -0.4 is 0 Å². The largest absolute Gasteiger partial charge is 0.343 e. The Kier molecular flexibility index (Phi) is 5.90. The number of benzene rings is 1. The molecule has 1 aromatic carbocycles. The molecule has 0 atom stereocenters. The SMILES string of the molecule is CCCC(=O)N1CCC(Cc2ncc(C)n2Cc2ccccc2)CC1. The van der Waals surface area contributed by atoms with E-state index in [9.17, 15) is 4.79 Å². The van der Waals surface area contributed by atoms with Crippen LogP contribution in [-0.4, -0.2) is 33.4 Å². The van der Waals surface area contributed by atoms with Crippen LogP contribution in [0.15, 0.2) is 36.5 Å². The predicted molar refractivity (Wildman–Crippen MR) is 100 cm³/mol. The molecule has 1 aliphatic heterocycles. The standard InChI is InChI=1S/C21H29N3O/c1-3-7-21(25)23-12-10-18(11-13-23)14-20-22-15-17(2)24(20)16-19-8-5-4-6-9-19/h4-6,8-9,15,18H,3,7,10-14,16H2,1-2H3. The van der Waals surface area contributed by atoms with E-state index in [0.29, 0.717) is 18.2 Å².